The van der Waals surface area contributed by atoms with Gasteiger partial charge in [0.15, 0.2) is 5.82 Å². The molecule has 0 radical (unpaired) electrons. The average molecular weight is 340 g/mol. The quantitative estimate of drug-likeness (QED) is 0.685. The topological polar surface area (TPSA) is 62.7 Å². The van der Waals surface area contributed by atoms with Crippen LogP contribution in [0.25, 0.3) is 0 Å². The molecule has 0 saturated carbocycles. The normalized spacial score (nSPS) is 10.4. The molecule has 0 aliphatic rings. The van der Waals surface area contributed by atoms with Crippen molar-refractivity contribution in [1.29, 1.82) is 0 Å². The summed E-state index contributed by atoms with van der Waals surface area (Å²) in [5.74, 6) is 1.20. The predicted octanol–water partition coefficient (Wildman–Crippen LogP) is 3.79. The smallest absolute Gasteiger partial charge is 0.244 e. The predicted molar refractivity (Wildman–Crippen MR) is 97.2 cm³/mol. The third-order valence-corrected chi connectivity index (χ3v) is 3.70. The second-order valence-electron chi connectivity index (χ2n) is 5.31. The van der Waals surface area contributed by atoms with Crippen LogP contribution in [0.1, 0.15) is 11.1 Å². The SMILES string of the molecule is Clc1cccc(CCNc2nncc(NCc3ccccc3)n2)c1. The standard InChI is InChI=1S/C18H18ClN5/c19-16-8-4-7-14(11-16)9-10-20-18-23-17(13-22-24-18)21-12-15-5-2-1-3-6-15/h1-8,11,13H,9-10,12H2,(H2,20,21,23,24). The Morgan fingerprint density at radius 3 is 2.58 bits per heavy atom. The van der Waals surface area contributed by atoms with Gasteiger partial charge in [0.05, 0.1) is 6.20 Å². The monoisotopic (exact) mass is 339 g/mol. The number of aromatic nitrogens is 3. The number of nitrogens with one attached hydrogen (secondary N) is 2. The Labute approximate surface area is 146 Å². The number of halogens is 1. The van der Waals surface area contributed by atoms with Crippen LogP contribution in [0, 0.1) is 0 Å². The lowest BCUT2D eigenvalue weighted by molar-refractivity contribution is 0.921. The Kier molecular flexibility index (Phi) is 5.58. The van der Waals surface area contributed by atoms with E-state index in [1.807, 2.05) is 42.5 Å². The number of hydrogen-bond donors (Lipinski definition) is 2. The van der Waals surface area contributed by atoms with Gasteiger partial charge in [-0.2, -0.15) is 10.1 Å². The summed E-state index contributed by atoms with van der Waals surface area (Å²) in [5.41, 5.74) is 2.35. The molecule has 0 spiro atoms. The average Bonchev–Trinajstić information content (AvgIpc) is 2.61. The van der Waals surface area contributed by atoms with Crippen molar-refractivity contribution in [3.05, 3.63) is 76.9 Å². The van der Waals surface area contributed by atoms with Crippen LogP contribution in [0.15, 0.2) is 60.8 Å². The van der Waals surface area contributed by atoms with Crippen LogP contribution in [0.5, 0.6) is 0 Å². The Balaban J connectivity index is 1.51. The third-order valence-electron chi connectivity index (χ3n) is 3.46. The van der Waals surface area contributed by atoms with Crippen LogP contribution in [0.2, 0.25) is 5.02 Å². The van der Waals surface area contributed by atoms with E-state index < -0.39 is 0 Å². The first-order valence-electron chi connectivity index (χ1n) is 7.75. The molecule has 0 unspecified atom stereocenters. The van der Waals surface area contributed by atoms with E-state index in [0.717, 1.165) is 11.4 Å². The molecule has 122 valence electrons. The van der Waals surface area contributed by atoms with Gasteiger partial charge in [0, 0.05) is 18.1 Å². The second kappa shape index (κ2) is 8.26. The van der Waals surface area contributed by atoms with Gasteiger partial charge in [-0.25, -0.2) is 0 Å². The fourth-order valence-electron chi connectivity index (χ4n) is 2.26. The van der Waals surface area contributed by atoms with E-state index in [1.54, 1.807) is 6.20 Å². The Morgan fingerprint density at radius 2 is 1.75 bits per heavy atom. The van der Waals surface area contributed by atoms with Crippen LogP contribution < -0.4 is 10.6 Å². The summed E-state index contributed by atoms with van der Waals surface area (Å²) in [6.45, 7) is 1.41. The molecule has 1 heterocycles. The van der Waals surface area contributed by atoms with Crippen molar-refractivity contribution in [2.75, 3.05) is 17.2 Å². The maximum Gasteiger partial charge on any atom is 0.244 e. The van der Waals surface area contributed by atoms with Gasteiger partial charge >= 0.3 is 0 Å². The molecule has 0 bridgehead atoms. The van der Waals surface area contributed by atoms with Crippen molar-refractivity contribution >= 4 is 23.4 Å². The van der Waals surface area contributed by atoms with Gasteiger partial charge in [-0.1, -0.05) is 54.1 Å². The first kappa shape index (κ1) is 16.2. The van der Waals surface area contributed by atoms with Crippen molar-refractivity contribution < 1.29 is 0 Å². The lowest BCUT2D eigenvalue weighted by Crippen LogP contribution is -2.10. The Hall–Kier alpha value is -2.66. The van der Waals surface area contributed by atoms with Gasteiger partial charge in [-0.05, 0) is 29.7 Å². The number of rotatable bonds is 7. The molecule has 0 saturated heterocycles. The summed E-state index contributed by atoms with van der Waals surface area (Å²) >= 11 is 5.98. The molecule has 0 aliphatic heterocycles. The van der Waals surface area contributed by atoms with Crippen molar-refractivity contribution in [3.63, 3.8) is 0 Å². The molecule has 2 N–H and O–H groups in total. The summed E-state index contributed by atoms with van der Waals surface area (Å²) in [4.78, 5) is 4.41. The fourth-order valence-corrected chi connectivity index (χ4v) is 2.48. The van der Waals surface area contributed by atoms with E-state index in [4.69, 9.17) is 11.6 Å². The molecular formula is C18H18ClN5. The van der Waals surface area contributed by atoms with E-state index in [2.05, 4.69) is 37.9 Å². The van der Waals surface area contributed by atoms with E-state index in [0.29, 0.717) is 24.9 Å². The highest BCUT2D eigenvalue weighted by molar-refractivity contribution is 6.30. The number of nitrogens with zero attached hydrogens (tertiary/aromatic N) is 3. The largest absolute Gasteiger partial charge is 0.365 e. The van der Waals surface area contributed by atoms with Crippen LogP contribution in [-0.2, 0) is 13.0 Å². The molecule has 5 nitrogen and oxygen atoms in total. The van der Waals surface area contributed by atoms with Crippen LogP contribution in [-0.4, -0.2) is 21.7 Å². The first-order valence-corrected chi connectivity index (χ1v) is 8.13. The van der Waals surface area contributed by atoms with E-state index in [1.165, 1.54) is 11.1 Å². The van der Waals surface area contributed by atoms with Crippen molar-refractivity contribution in [1.82, 2.24) is 15.2 Å². The van der Waals surface area contributed by atoms with Crippen molar-refractivity contribution in [2.45, 2.75) is 13.0 Å². The zero-order valence-electron chi connectivity index (χ0n) is 13.1. The molecule has 24 heavy (non-hydrogen) atoms. The van der Waals surface area contributed by atoms with E-state index >= 15 is 0 Å². The highest BCUT2D eigenvalue weighted by Crippen LogP contribution is 2.11. The van der Waals surface area contributed by atoms with Gasteiger partial charge in [0.2, 0.25) is 5.95 Å². The Morgan fingerprint density at radius 1 is 0.917 bits per heavy atom. The van der Waals surface area contributed by atoms with Crippen LogP contribution in [0.4, 0.5) is 11.8 Å². The van der Waals surface area contributed by atoms with Crippen molar-refractivity contribution in [3.8, 4) is 0 Å². The molecule has 0 fully saturated rings. The highest BCUT2D eigenvalue weighted by Gasteiger charge is 2.01. The second-order valence-corrected chi connectivity index (χ2v) is 5.75. The van der Waals surface area contributed by atoms with E-state index in [9.17, 15) is 0 Å². The molecule has 1 aromatic heterocycles. The van der Waals surface area contributed by atoms with Gasteiger partial charge in [-0.3, -0.25) is 0 Å². The minimum Gasteiger partial charge on any atom is -0.365 e. The summed E-state index contributed by atoms with van der Waals surface area (Å²) in [7, 11) is 0. The maximum atomic E-state index is 5.98. The molecule has 0 aliphatic carbocycles. The maximum absolute atomic E-state index is 5.98. The molecular weight excluding hydrogens is 322 g/mol. The molecule has 3 aromatic rings. The lowest BCUT2D eigenvalue weighted by atomic mass is 10.1. The van der Waals surface area contributed by atoms with Crippen molar-refractivity contribution in [2.24, 2.45) is 0 Å². The zero-order valence-corrected chi connectivity index (χ0v) is 13.9. The van der Waals surface area contributed by atoms with Gasteiger partial charge in [0.25, 0.3) is 0 Å². The van der Waals surface area contributed by atoms with Gasteiger partial charge < -0.3 is 10.6 Å². The highest BCUT2D eigenvalue weighted by atomic mass is 35.5. The van der Waals surface area contributed by atoms with Gasteiger partial charge in [0.1, 0.15) is 0 Å². The number of benzene rings is 2. The summed E-state index contributed by atoms with van der Waals surface area (Å²) < 4.78 is 0. The molecule has 3 rings (SSSR count). The number of hydrogen-bond acceptors (Lipinski definition) is 5. The minimum absolute atomic E-state index is 0.509. The van der Waals surface area contributed by atoms with Gasteiger partial charge in [-0.15, -0.1) is 5.10 Å². The minimum atomic E-state index is 0.509. The Bertz CT molecular complexity index is 779. The fraction of sp³-hybridized carbons (Fsp3) is 0.167. The summed E-state index contributed by atoms with van der Waals surface area (Å²) in [6.07, 6.45) is 2.46. The summed E-state index contributed by atoms with van der Waals surface area (Å²) in [6, 6.07) is 18.0. The molecule has 0 atom stereocenters. The summed E-state index contributed by atoms with van der Waals surface area (Å²) in [5, 5.41) is 15.2. The van der Waals surface area contributed by atoms with Crippen LogP contribution in [0.3, 0.4) is 0 Å². The molecule has 6 heteroatoms. The van der Waals surface area contributed by atoms with Crippen LogP contribution >= 0.6 is 11.6 Å². The van der Waals surface area contributed by atoms with E-state index in [-0.39, 0.29) is 0 Å². The first-order chi connectivity index (χ1) is 11.8. The third kappa shape index (κ3) is 4.93. The zero-order chi connectivity index (χ0) is 16.6. The number of anilines is 2. The molecule has 2 aromatic carbocycles. The molecule has 0 amide bonds. The lowest BCUT2D eigenvalue weighted by Gasteiger charge is -2.08.